The van der Waals surface area contributed by atoms with Crippen LogP contribution in [0.2, 0.25) is 0 Å². The Morgan fingerprint density at radius 2 is 2.07 bits per heavy atom. The Bertz CT molecular complexity index is 1080. The number of nitrogens with one attached hydrogen (secondary N) is 1. The lowest BCUT2D eigenvalue weighted by atomic mass is 10.1. The molecule has 0 bridgehead atoms. The lowest BCUT2D eigenvalue weighted by Crippen LogP contribution is -2.26. The summed E-state index contributed by atoms with van der Waals surface area (Å²) in [6.07, 6.45) is 0.835. The summed E-state index contributed by atoms with van der Waals surface area (Å²) in [5.41, 5.74) is 2.35. The smallest absolute Gasteiger partial charge is 0.262 e. The van der Waals surface area contributed by atoms with E-state index in [0.29, 0.717) is 29.2 Å². The van der Waals surface area contributed by atoms with E-state index in [-0.39, 0.29) is 17.2 Å². The number of para-hydroxylation sites is 1. The minimum absolute atomic E-state index is 0.139. The maximum Gasteiger partial charge on any atom is 0.262 e. The molecule has 0 fully saturated rings. The van der Waals surface area contributed by atoms with Crippen molar-refractivity contribution in [1.82, 2.24) is 9.55 Å². The minimum Gasteiger partial charge on any atom is -0.383 e. The lowest BCUT2D eigenvalue weighted by molar-refractivity contribution is -0.113. The second-order valence-electron chi connectivity index (χ2n) is 6.35. The van der Waals surface area contributed by atoms with Gasteiger partial charge in [-0.2, -0.15) is 0 Å². The Morgan fingerprint density at radius 1 is 1.28 bits per heavy atom. The molecule has 2 aromatic carbocycles. The van der Waals surface area contributed by atoms with Gasteiger partial charge in [-0.25, -0.2) is 4.98 Å². The first kappa shape index (κ1) is 21.5. The van der Waals surface area contributed by atoms with E-state index in [2.05, 4.69) is 26.2 Å². The van der Waals surface area contributed by atoms with Crippen LogP contribution >= 0.6 is 27.7 Å². The summed E-state index contributed by atoms with van der Waals surface area (Å²) in [7, 11) is 1.58. The molecule has 0 unspecified atom stereocenters. The van der Waals surface area contributed by atoms with Crippen LogP contribution in [0.3, 0.4) is 0 Å². The van der Waals surface area contributed by atoms with Crippen LogP contribution in [0.15, 0.2) is 56.9 Å². The van der Waals surface area contributed by atoms with Gasteiger partial charge >= 0.3 is 0 Å². The molecule has 3 aromatic rings. The highest BCUT2D eigenvalue weighted by Crippen LogP contribution is 2.21. The van der Waals surface area contributed by atoms with Gasteiger partial charge in [0.2, 0.25) is 5.91 Å². The Balaban J connectivity index is 1.83. The van der Waals surface area contributed by atoms with Crippen molar-refractivity contribution in [2.45, 2.75) is 25.0 Å². The summed E-state index contributed by atoms with van der Waals surface area (Å²) in [5, 5.41) is 3.98. The van der Waals surface area contributed by atoms with Gasteiger partial charge in [0.25, 0.3) is 5.56 Å². The number of halogens is 1. The summed E-state index contributed by atoms with van der Waals surface area (Å²) < 4.78 is 7.52. The predicted octanol–water partition coefficient (Wildman–Crippen LogP) is 4.10. The number of carbonyl (C=O) groups excluding carboxylic acids is 1. The van der Waals surface area contributed by atoms with Gasteiger partial charge in [0.05, 0.1) is 29.8 Å². The van der Waals surface area contributed by atoms with E-state index in [1.807, 2.05) is 37.3 Å². The van der Waals surface area contributed by atoms with E-state index in [9.17, 15) is 9.59 Å². The van der Waals surface area contributed by atoms with Crippen LogP contribution < -0.4 is 10.9 Å². The molecule has 152 valence electrons. The molecule has 0 aliphatic carbocycles. The van der Waals surface area contributed by atoms with Crippen molar-refractivity contribution in [3.63, 3.8) is 0 Å². The van der Waals surface area contributed by atoms with Crippen LogP contribution in [0.4, 0.5) is 5.69 Å². The zero-order chi connectivity index (χ0) is 20.8. The highest BCUT2D eigenvalue weighted by atomic mass is 79.9. The fourth-order valence-electron chi connectivity index (χ4n) is 2.93. The van der Waals surface area contributed by atoms with E-state index in [1.165, 1.54) is 11.8 Å². The number of aryl methyl sites for hydroxylation is 1. The molecule has 3 rings (SSSR count). The minimum atomic E-state index is -0.146. The van der Waals surface area contributed by atoms with Gasteiger partial charge in [-0.3, -0.25) is 14.2 Å². The van der Waals surface area contributed by atoms with Crippen LogP contribution in [0.5, 0.6) is 0 Å². The molecule has 1 amide bonds. The number of benzene rings is 2. The fraction of sp³-hybridized carbons (Fsp3) is 0.286. The van der Waals surface area contributed by atoms with Gasteiger partial charge in [0.15, 0.2) is 5.16 Å². The molecule has 0 saturated heterocycles. The fourth-order valence-corrected chi connectivity index (χ4v) is 4.12. The molecule has 0 atom stereocenters. The molecule has 0 spiro atoms. The largest absolute Gasteiger partial charge is 0.383 e. The first-order chi connectivity index (χ1) is 14.0. The molecule has 0 saturated carbocycles. The third kappa shape index (κ3) is 5.26. The SMILES string of the molecule is CCc1ccccc1NC(=O)CSc1nc2ccc(Br)cc2c(=O)n1CCOC. The van der Waals surface area contributed by atoms with E-state index in [0.717, 1.165) is 22.1 Å². The van der Waals surface area contributed by atoms with Crippen molar-refractivity contribution in [2.75, 3.05) is 24.8 Å². The Morgan fingerprint density at radius 3 is 2.83 bits per heavy atom. The van der Waals surface area contributed by atoms with E-state index >= 15 is 0 Å². The number of hydrogen-bond acceptors (Lipinski definition) is 5. The first-order valence-electron chi connectivity index (χ1n) is 9.23. The number of carbonyl (C=O) groups is 1. The number of methoxy groups -OCH3 is 1. The molecule has 0 radical (unpaired) electrons. The van der Waals surface area contributed by atoms with E-state index in [4.69, 9.17) is 4.74 Å². The Kier molecular flexibility index (Phi) is 7.46. The molecular weight excluding hydrogens is 454 g/mol. The first-order valence-corrected chi connectivity index (χ1v) is 11.0. The normalized spacial score (nSPS) is 11.0. The molecule has 6 nitrogen and oxygen atoms in total. The Labute approximate surface area is 181 Å². The zero-order valence-corrected chi connectivity index (χ0v) is 18.7. The number of rotatable bonds is 8. The van der Waals surface area contributed by atoms with Crippen LogP contribution in [-0.2, 0) is 22.5 Å². The molecule has 1 aromatic heterocycles. The summed E-state index contributed by atoms with van der Waals surface area (Å²) >= 11 is 4.64. The molecule has 1 heterocycles. The topological polar surface area (TPSA) is 73.2 Å². The highest BCUT2D eigenvalue weighted by molar-refractivity contribution is 9.10. The van der Waals surface area contributed by atoms with Crippen molar-refractivity contribution in [2.24, 2.45) is 0 Å². The quantitative estimate of drug-likeness (QED) is 0.392. The second-order valence-corrected chi connectivity index (χ2v) is 8.21. The van der Waals surface area contributed by atoms with Crippen molar-refractivity contribution in [3.8, 4) is 0 Å². The molecule has 0 aliphatic rings. The number of anilines is 1. The average molecular weight is 476 g/mol. The van der Waals surface area contributed by atoms with Gasteiger partial charge in [-0.1, -0.05) is 52.8 Å². The molecule has 0 aliphatic heterocycles. The van der Waals surface area contributed by atoms with Crippen LogP contribution in [0.25, 0.3) is 10.9 Å². The average Bonchev–Trinajstić information content (AvgIpc) is 2.72. The van der Waals surface area contributed by atoms with Crippen LogP contribution in [0.1, 0.15) is 12.5 Å². The van der Waals surface area contributed by atoms with Crippen molar-refractivity contribution < 1.29 is 9.53 Å². The van der Waals surface area contributed by atoms with E-state index < -0.39 is 0 Å². The number of fused-ring (bicyclic) bond motifs is 1. The highest BCUT2D eigenvalue weighted by Gasteiger charge is 2.14. The molecule has 1 N–H and O–H groups in total. The van der Waals surface area contributed by atoms with Crippen molar-refractivity contribution >= 4 is 50.2 Å². The third-order valence-electron chi connectivity index (χ3n) is 4.40. The van der Waals surface area contributed by atoms with Gasteiger partial charge < -0.3 is 10.1 Å². The van der Waals surface area contributed by atoms with E-state index in [1.54, 1.807) is 23.8 Å². The Hall–Kier alpha value is -2.16. The number of amides is 1. The third-order valence-corrected chi connectivity index (χ3v) is 5.87. The number of aromatic nitrogens is 2. The van der Waals surface area contributed by atoms with Crippen molar-refractivity contribution in [3.05, 3.63) is 62.9 Å². The van der Waals surface area contributed by atoms with Crippen molar-refractivity contribution in [1.29, 1.82) is 0 Å². The number of ether oxygens (including phenoxy) is 1. The monoisotopic (exact) mass is 475 g/mol. The summed E-state index contributed by atoms with van der Waals surface area (Å²) in [5.74, 6) is 0.0128. The summed E-state index contributed by atoms with van der Waals surface area (Å²) in [4.78, 5) is 30.1. The second kappa shape index (κ2) is 10.0. The van der Waals surface area contributed by atoms with Gasteiger partial charge in [0, 0.05) is 17.3 Å². The molecular formula is C21H22BrN3O3S. The standard InChI is InChI=1S/C21H22BrN3O3S/c1-3-14-6-4-5-7-17(14)23-19(26)13-29-21-24-18-9-8-15(22)12-16(18)20(27)25(21)10-11-28-2/h4-9,12H,3,10-11,13H2,1-2H3,(H,23,26). The number of thioether (sulfide) groups is 1. The summed E-state index contributed by atoms with van der Waals surface area (Å²) in [6.45, 7) is 2.80. The maximum atomic E-state index is 13.0. The number of nitrogens with zero attached hydrogens (tertiary/aromatic N) is 2. The molecule has 8 heteroatoms. The van der Waals surface area contributed by atoms with Gasteiger partial charge in [-0.15, -0.1) is 0 Å². The number of hydrogen-bond donors (Lipinski definition) is 1. The maximum absolute atomic E-state index is 13.0. The lowest BCUT2D eigenvalue weighted by Gasteiger charge is -2.13. The zero-order valence-electron chi connectivity index (χ0n) is 16.3. The van der Waals surface area contributed by atoms with Gasteiger partial charge in [-0.05, 0) is 36.2 Å². The summed E-state index contributed by atoms with van der Waals surface area (Å²) in [6, 6.07) is 13.1. The molecule has 29 heavy (non-hydrogen) atoms. The van der Waals surface area contributed by atoms with Crippen LogP contribution in [0, 0.1) is 0 Å². The predicted molar refractivity (Wildman–Crippen MR) is 121 cm³/mol. The van der Waals surface area contributed by atoms with Crippen LogP contribution in [-0.4, -0.2) is 34.9 Å². The van der Waals surface area contributed by atoms with Gasteiger partial charge in [0.1, 0.15) is 0 Å².